The van der Waals surface area contributed by atoms with Crippen LogP contribution < -0.4 is 4.74 Å². The minimum Gasteiger partial charge on any atom is -0.436 e. The van der Waals surface area contributed by atoms with Crippen molar-refractivity contribution in [3.05, 3.63) is 23.6 Å². The molecule has 0 N–H and O–H groups in total. The Balaban J connectivity index is 2.20. The number of nitrogens with zero attached hydrogens (tertiary/aromatic N) is 4. The lowest BCUT2D eigenvalue weighted by molar-refractivity contribution is 0.454. The van der Waals surface area contributed by atoms with Crippen molar-refractivity contribution in [2.24, 2.45) is 0 Å². The first-order valence-corrected chi connectivity index (χ1v) is 6.60. The predicted molar refractivity (Wildman–Crippen MR) is 66.8 cm³/mol. The van der Waals surface area contributed by atoms with Crippen molar-refractivity contribution in [3.63, 3.8) is 0 Å². The molecule has 2 rings (SSSR count). The van der Waals surface area contributed by atoms with E-state index in [1.807, 2.05) is 13.2 Å². The SMILES string of the molecule is CCn1cc(Oc2cc(Cl)nc(SC)n2)cn1. The molecule has 5 nitrogen and oxygen atoms in total. The zero-order chi connectivity index (χ0) is 12.3. The molecule has 17 heavy (non-hydrogen) atoms. The van der Waals surface area contributed by atoms with Crippen LogP contribution in [-0.2, 0) is 6.54 Å². The van der Waals surface area contributed by atoms with Gasteiger partial charge in [-0.05, 0) is 13.2 Å². The zero-order valence-corrected chi connectivity index (χ0v) is 11.0. The number of hydrogen-bond acceptors (Lipinski definition) is 5. The average molecular weight is 271 g/mol. The Labute approximate surface area is 108 Å². The molecule has 0 bridgehead atoms. The van der Waals surface area contributed by atoms with Gasteiger partial charge in [-0.2, -0.15) is 10.1 Å². The molecule has 0 aliphatic rings. The van der Waals surface area contributed by atoms with E-state index in [0.717, 1.165) is 6.54 Å². The van der Waals surface area contributed by atoms with Crippen LogP contribution in [0.5, 0.6) is 11.6 Å². The standard InChI is InChI=1S/C10H11ClN4OS/c1-3-15-6-7(5-12-15)16-9-4-8(11)13-10(14-9)17-2/h4-6H,3H2,1-2H3. The number of halogens is 1. The summed E-state index contributed by atoms with van der Waals surface area (Å²) in [5.74, 6) is 1.05. The summed E-state index contributed by atoms with van der Waals surface area (Å²) in [5.41, 5.74) is 0. The van der Waals surface area contributed by atoms with Gasteiger partial charge >= 0.3 is 0 Å². The van der Waals surface area contributed by atoms with E-state index in [2.05, 4.69) is 15.1 Å². The molecule has 0 saturated carbocycles. The van der Waals surface area contributed by atoms with Crippen LogP contribution in [0.4, 0.5) is 0 Å². The van der Waals surface area contributed by atoms with Gasteiger partial charge in [0.05, 0.1) is 12.4 Å². The summed E-state index contributed by atoms with van der Waals surface area (Å²) in [4.78, 5) is 8.22. The normalized spacial score (nSPS) is 10.5. The van der Waals surface area contributed by atoms with E-state index in [-0.39, 0.29) is 0 Å². The van der Waals surface area contributed by atoms with Crippen LogP contribution in [0.25, 0.3) is 0 Å². The molecule has 0 unspecified atom stereocenters. The third-order valence-corrected chi connectivity index (χ3v) is 2.73. The van der Waals surface area contributed by atoms with Gasteiger partial charge in [-0.15, -0.1) is 0 Å². The number of rotatable bonds is 4. The highest BCUT2D eigenvalue weighted by Gasteiger charge is 2.06. The van der Waals surface area contributed by atoms with Crippen LogP contribution in [0.15, 0.2) is 23.6 Å². The van der Waals surface area contributed by atoms with Gasteiger partial charge in [0, 0.05) is 12.6 Å². The number of aromatic nitrogens is 4. The minimum absolute atomic E-state index is 0.363. The van der Waals surface area contributed by atoms with Crippen LogP contribution >= 0.6 is 23.4 Å². The Morgan fingerprint density at radius 3 is 2.94 bits per heavy atom. The quantitative estimate of drug-likeness (QED) is 0.486. The van der Waals surface area contributed by atoms with E-state index in [1.54, 1.807) is 23.1 Å². The Bertz CT molecular complexity index is 517. The lowest BCUT2D eigenvalue weighted by Gasteiger charge is -2.03. The first kappa shape index (κ1) is 12.2. The van der Waals surface area contributed by atoms with Gasteiger partial charge in [-0.3, -0.25) is 4.68 Å². The minimum atomic E-state index is 0.363. The molecule has 0 aliphatic carbocycles. The fourth-order valence-electron chi connectivity index (χ4n) is 1.21. The molecule has 2 heterocycles. The third-order valence-electron chi connectivity index (χ3n) is 1.99. The summed E-state index contributed by atoms with van der Waals surface area (Å²) < 4.78 is 7.32. The van der Waals surface area contributed by atoms with Gasteiger partial charge < -0.3 is 4.74 Å². The topological polar surface area (TPSA) is 52.8 Å². The Morgan fingerprint density at radius 2 is 2.29 bits per heavy atom. The van der Waals surface area contributed by atoms with E-state index >= 15 is 0 Å². The summed E-state index contributed by atoms with van der Waals surface area (Å²) in [6, 6.07) is 1.57. The lowest BCUT2D eigenvalue weighted by atomic mass is 10.6. The van der Waals surface area contributed by atoms with Crippen molar-refractivity contribution in [2.75, 3.05) is 6.26 Å². The zero-order valence-electron chi connectivity index (χ0n) is 9.42. The first-order valence-electron chi connectivity index (χ1n) is 5.00. The second kappa shape index (κ2) is 5.37. The van der Waals surface area contributed by atoms with Gasteiger partial charge in [0.15, 0.2) is 10.9 Å². The number of aryl methyl sites for hydroxylation is 1. The summed E-state index contributed by atoms with van der Waals surface area (Å²) in [6.45, 7) is 2.80. The summed E-state index contributed by atoms with van der Waals surface area (Å²) in [7, 11) is 0. The van der Waals surface area contributed by atoms with Crippen molar-refractivity contribution in [1.29, 1.82) is 0 Å². The van der Waals surface area contributed by atoms with Crippen molar-refractivity contribution >= 4 is 23.4 Å². The fourth-order valence-corrected chi connectivity index (χ4v) is 1.81. The highest BCUT2D eigenvalue weighted by Crippen LogP contribution is 2.23. The van der Waals surface area contributed by atoms with Crippen molar-refractivity contribution < 1.29 is 4.74 Å². The van der Waals surface area contributed by atoms with Crippen LogP contribution in [0, 0.1) is 0 Å². The molecule has 0 amide bonds. The summed E-state index contributed by atoms with van der Waals surface area (Å²) >= 11 is 7.27. The lowest BCUT2D eigenvalue weighted by Crippen LogP contribution is -1.93. The molecule has 7 heteroatoms. The van der Waals surface area contributed by atoms with Crippen molar-refractivity contribution in [1.82, 2.24) is 19.7 Å². The average Bonchev–Trinajstić information content (AvgIpc) is 2.76. The highest BCUT2D eigenvalue weighted by molar-refractivity contribution is 7.98. The van der Waals surface area contributed by atoms with E-state index in [9.17, 15) is 0 Å². The van der Waals surface area contributed by atoms with Crippen LogP contribution in [0.3, 0.4) is 0 Å². The number of hydrogen-bond donors (Lipinski definition) is 0. The molecule has 0 aliphatic heterocycles. The second-order valence-corrected chi connectivity index (χ2v) is 4.31. The summed E-state index contributed by atoms with van der Waals surface area (Å²) in [5, 5.41) is 5.05. The largest absolute Gasteiger partial charge is 0.436 e. The van der Waals surface area contributed by atoms with Crippen molar-refractivity contribution in [2.45, 2.75) is 18.6 Å². The van der Waals surface area contributed by atoms with Gasteiger partial charge in [0.25, 0.3) is 0 Å². The molecule has 0 atom stereocenters. The predicted octanol–water partition coefficient (Wildman–Crippen LogP) is 2.86. The molecular weight excluding hydrogens is 260 g/mol. The van der Waals surface area contributed by atoms with Gasteiger partial charge in [-0.25, -0.2) is 4.98 Å². The van der Waals surface area contributed by atoms with E-state index in [4.69, 9.17) is 16.3 Å². The maximum absolute atomic E-state index is 5.86. The first-order chi connectivity index (χ1) is 8.21. The molecule has 2 aromatic heterocycles. The molecular formula is C10H11ClN4OS. The monoisotopic (exact) mass is 270 g/mol. The molecule has 90 valence electrons. The van der Waals surface area contributed by atoms with Crippen LogP contribution in [0.2, 0.25) is 5.15 Å². The molecule has 0 radical (unpaired) electrons. The van der Waals surface area contributed by atoms with Crippen molar-refractivity contribution in [3.8, 4) is 11.6 Å². The van der Waals surface area contributed by atoms with Crippen LogP contribution in [0.1, 0.15) is 6.92 Å². The van der Waals surface area contributed by atoms with Gasteiger partial charge in [0.2, 0.25) is 5.88 Å². The molecule has 2 aromatic rings. The van der Waals surface area contributed by atoms with Gasteiger partial charge in [0.1, 0.15) is 5.15 Å². The Kier molecular flexibility index (Phi) is 3.86. The van der Waals surface area contributed by atoms with Gasteiger partial charge in [-0.1, -0.05) is 23.4 Å². The maximum Gasteiger partial charge on any atom is 0.224 e. The maximum atomic E-state index is 5.86. The smallest absolute Gasteiger partial charge is 0.224 e. The third kappa shape index (κ3) is 3.10. The van der Waals surface area contributed by atoms with E-state index in [1.165, 1.54) is 11.8 Å². The van der Waals surface area contributed by atoms with Crippen LogP contribution in [-0.4, -0.2) is 26.0 Å². The Hall–Kier alpha value is -1.27. The molecule has 0 saturated heterocycles. The van der Waals surface area contributed by atoms with E-state index < -0.39 is 0 Å². The highest BCUT2D eigenvalue weighted by atomic mass is 35.5. The molecule has 0 aromatic carbocycles. The Morgan fingerprint density at radius 1 is 1.47 bits per heavy atom. The number of thioether (sulfide) groups is 1. The van der Waals surface area contributed by atoms with E-state index in [0.29, 0.717) is 21.9 Å². The summed E-state index contributed by atoms with van der Waals surface area (Å²) in [6.07, 6.45) is 5.32. The molecule has 0 fully saturated rings. The fraction of sp³-hybridized carbons (Fsp3) is 0.300. The number of ether oxygens (including phenoxy) is 1. The second-order valence-electron chi connectivity index (χ2n) is 3.15. The molecule has 0 spiro atoms.